The van der Waals surface area contributed by atoms with Gasteiger partial charge in [0.1, 0.15) is 17.3 Å². The number of aliphatic imine (C=N–C) groups is 1. The van der Waals surface area contributed by atoms with Gasteiger partial charge in [-0.1, -0.05) is 110 Å². The number of hydrogen-bond donors (Lipinski definition) is 0. The summed E-state index contributed by atoms with van der Waals surface area (Å²) in [5.74, 6) is 2.84. The quantitative estimate of drug-likeness (QED) is 0.192. The van der Waals surface area contributed by atoms with Crippen molar-refractivity contribution in [2.45, 2.75) is 129 Å². The van der Waals surface area contributed by atoms with Crippen LogP contribution < -0.4 is 9.64 Å². The minimum atomic E-state index is -0.302. The van der Waals surface area contributed by atoms with Gasteiger partial charge in [0, 0.05) is 34.4 Å². The first-order chi connectivity index (χ1) is 22.9. The van der Waals surface area contributed by atoms with Crippen molar-refractivity contribution in [2.75, 3.05) is 4.90 Å². The molecule has 0 bridgehead atoms. The molecule has 1 aromatic heterocycles. The van der Waals surface area contributed by atoms with Gasteiger partial charge in [0.05, 0.1) is 5.54 Å². The summed E-state index contributed by atoms with van der Waals surface area (Å²) in [6.07, 6.45) is 6.25. The second-order valence-electron chi connectivity index (χ2n) is 17.5. The Morgan fingerprint density at radius 3 is 2.20 bits per heavy atom. The van der Waals surface area contributed by atoms with Crippen molar-refractivity contribution in [3.05, 3.63) is 106 Å². The van der Waals surface area contributed by atoms with Crippen molar-refractivity contribution in [3.8, 4) is 11.5 Å². The molecule has 2 aliphatic heterocycles. The molecule has 0 saturated heterocycles. The number of fused-ring (bicyclic) bond motifs is 3. The van der Waals surface area contributed by atoms with Crippen LogP contribution in [-0.4, -0.2) is 22.0 Å². The summed E-state index contributed by atoms with van der Waals surface area (Å²) in [6.45, 7) is 24.6. The van der Waals surface area contributed by atoms with E-state index in [2.05, 4.69) is 136 Å². The van der Waals surface area contributed by atoms with E-state index in [1.54, 1.807) is 0 Å². The van der Waals surface area contributed by atoms with Crippen LogP contribution in [0.3, 0.4) is 0 Å². The summed E-state index contributed by atoms with van der Waals surface area (Å²) >= 11 is 0. The third kappa shape index (κ3) is 6.23. The largest absolute Gasteiger partial charge is 2.00 e. The average molecular weight is 849 g/mol. The van der Waals surface area contributed by atoms with E-state index in [1.165, 1.54) is 23.1 Å². The van der Waals surface area contributed by atoms with Crippen molar-refractivity contribution in [2.24, 2.45) is 4.99 Å². The van der Waals surface area contributed by atoms with E-state index in [-0.39, 0.29) is 48.5 Å². The summed E-state index contributed by atoms with van der Waals surface area (Å²) in [4.78, 5) is 12.4. The first kappa shape index (κ1) is 36.4. The summed E-state index contributed by atoms with van der Waals surface area (Å²) < 4.78 is 13.4. The standard InChI is InChI=1S/C44H51N3O2.Pt/c1-28-21-32(47-37-17-16-30(40(2,3)4)26-36(37)42(8,9)35-15-14-20-45-38(35)47)27-33(22-28)48-34-24-29(23-31(25-34)41(5,6)7)39-46-43(10)18-12-13-19-44(43,11)49-39;/h14-17,20-23,25-26H,12-13,18-19H2,1-11H3;/q-2;+2/t43-,44-;/m0./s1. The van der Waals surface area contributed by atoms with Gasteiger partial charge in [-0.2, -0.15) is 5.56 Å². The number of aryl methyl sites for hydroxylation is 1. The normalized spacial score (nSPS) is 22.4. The molecule has 6 heteroatoms. The Morgan fingerprint density at radius 1 is 0.800 bits per heavy atom. The monoisotopic (exact) mass is 848 g/mol. The maximum atomic E-state index is 6.71. The van der Waals surface area contributed by atoms with E-state index >= 15 is 0 Å². The van der Waals surface area contributed by atoms with E-state index < -0.39 is 0 Å². The van der Waals surface area contributed by atoms with Gasteiger partial charge >= 0.3 is 21.1 Å². The molecule has 4 aromatic rings. The molecule has 0 radical (unpaired) electrons. The minimum absolute atomic E-state index is 0. The molecule has 1 saturated carbocycles. The average Bonchev–Trinajstić information content (AvgIpc) is 3.31. The van der Waals surface area contributed by atoms with Crippen molar-refractivity contribution in [3.63, 3.8) is 0 Å². The first-order valence-electron chi connectivity index (χ1n) is 17.9. The van der Waals surface area contributed by atoms with Crippen molar-refractivity contribution >= 4 is 23.1 Å². The molecular weight excluding hydrogens is 798 g/mol. The molecule has 2 atom stereocenters. The molecule has 1 aliphatic carbocycles. The fourth-order valence-corrected chi connectivity index (χ4v) is 7.74. The molecule has 0 spiro atoms. The predicted octanol–water partition coefficient (Wildman–Crippen LogP) is 11.4. The topological polar surface area (TPSA) is 47.0 Å². The van der Waals surface area contributed by atoms with Crippen LogP contribution in [0.4, 0.5) is 17.2 Å². The van der Waals surface area contributed by atoms with Gasteiger partial charge in [0.2, 0.25) is 0 Å². The maximum Gasteiger partial charge on any atom is 2.00 e. The minimum Gasteiger partial charge on any atom is -0.512 e. The van der Waals surface area contributed by atoms with E-state index in [0.29, 0.717) is 17.4 Å². The molecule has 0 unspecified atom stereocenters. The third-order valence-electron chi connectivity index (χ3n) is 11.2. The Hall–Kier alpha value is -3.43. The Balaban J connectivity index is 0.00000432. The summed E-state index contributed by atoms with van der Waals surface area (Å²) in [6, 6.07) is 26.8. The summed E-state index contributed by atoms with van der Waals surface area (Å²) in [5, 5.41) is 0. The van der Waals surface area contributed by atoms with Gasteiger partial charge in [-0.15, -0.1) is 29.8 Å². The summed E-state index contributed by atoms with van der Waals surface area (Å²) in [7, 11) is 0. The van der Waals surface area contributed by atoms with Crippen LogP contribution >= 0.6 is 0 Å². The molecule has 3 aromatic carbocycles. The molecule has 1 fully saturated rings. The fraction of sp³-hybridized carbons (Fsp3) is 0.455. The van der Waals surface area contributed by atoms with Gasteiger partial charge in [-0.25, -0.2) is 4.98 Å². The van der Waals surface area contributed by atoms with Crippen LogP contribution in [-0.2, 0) is 42.0 Å². The van der Waals surface area contributed by atoms with Gasteiger partial charge < -0.3 is 14.4 Å². The van der Waals surface area contributed by atoms with Crippen LogP contribution in [0.25, 0.3) is 0 Å². The van der Waals surface area contributed by atoms with Crippen molar-refractivity contribution in [1.82, 2.24) is 4.98 Å². The second-order valence-corrected chi connectivity index (χ2v) is 17.5. The van der Waals surface area contributed by atoms with Crippen LogP contribution in [0.5, 0.6) is 11.5 Å². The maximum absolute atomic E-state index is 6.71. The third-order valence-corrected chi connectivity index (χ3v) is 11.2. The Kier molecular flexibility index (Phi) is 8.99. The molecule has 0 amide bonds. The van der Waals surface area contributed by atoms with E-state index in [1.807, 2.05) is 18.3 Å². The molecule has 3 aliphatic rings. The first-order valence-corrected chi connectivity index (χ1v) is 17.9. The summed E-state index contributed by atoms with van der Waals surface area (Å²) in [5.41, 5.74) is 7.96. The zero-order valence-electron chi connectivity index (χ0n) is 31.6. The van der Waals surface area contributed by atoms with Crippen LogP contribution in [0, 0.1) is 19.1 Å². The van der Waals surface area contributed by atoms with Gasteiger partial charge in [-0.05, 0) is 67.2 Å². The molecule has 7 rings (SSSR count). The fourth-order valence-electron chi connectivity index (χ4n) is 7.74. The van der Waals surface area contributed by atoms with E-state index in [9.17, 15) is 0 Å². The van der Waals surface area contributed by atoms with Crippen molar-refractivity contribution < 1.29 is 30.5 Å². The molecule has 5 nitrogen and oxygen atoms in total. The SMILES string of the molecule is Cc1cc(Oc2[c-]c(C3=N[C@@]4(C)CCCC[C@]4(C)O3)cc(C(C)(C)C)c2)[c-]c(N2c3ccc(C(C)(C)C)cc3C(C)(C)c3cccnc32)c1.[Pt+2]. The van der Waals surface area contributed by atoms with E-state index in [4.69, 9.17) is 19.5 Å². The second kappa shape index (κ2) is 12.4. The number of ether oxygens (including phenoxy) is 2. The number of rotatable bonds is 4. The molecule has 3 heterocycles. The van der Waals surface area contributed by atoms with Crippen LogP contribution in [0.2, 0.25) is 0 Å². The smallest absolute Gasteiger partial charge is 0.512 e. The van der Waals surface area contributed by atoms with Crippen LogP contribution in [0.1, 0.15) is 128 Å². The van der Waals surface area contributed by atoms with Crippen LogP contribution in [0.15, 0.2) is 65.8 Å². The molecule has 50 heavy (non-hydrogen) atoms. The Morgan fingerprint density at radius 2 is 1.50 bits per heavy atom. The number of nitrogens with zero attached hydrogens (tertiary/aromatic N) is 3. The number of aromatic nitrogens is 1. The molecule has 0 N–H and O–H groups in total. The van der Waals surface area contributed by atoms with Gasteiger partial charge in [0.25, 0.3) is 0 Å². The number of anilines is 3. The number of benzene rings is 3. The van der Waals surface area contributed by atoms with Gasteiger partial charge in [0.15, 0.2) is 0 Å². The Bertz CT molecular complexity index is 1980. The van der Waals surface area contributed by atoms with E-state index in [0.717, 1.165) is 53.1 Å². The van der Waals surface area contributed by atoms with Crippen molar-refractivity contribution in [1.29, 1.82) is 0 Å². The molecular formula is C44H51N3O2Pt. The Labute approximate surface area is 314 Å². The number of pyridine rings is 1. The predicted molar refractivity (Wildman–Crippen MR) is 200 cm³/mol. The number of hydrogen-bond acceptors (Lipinski definition) is 5. The zero-order valence-corrected chi connectivity index (χ0v) is 33.8. The van der Waals surface area contributed by atoms with Gasteiger partial charge in [-0.3, -0.25) is 4.99 Å². The molecule has 264 valence electrons. The zero-order chi connectivity index (χ0) is 35.1.